The average molecular weight is 297 g/mol. The van der Waals surface area contributed by atoms with Gasteiger partial charge < -0.3 is 14.7 Å². The average Bonchev–Trinajstić information content (AvgIpc) is 2.99. The second-order valence-corrected chi connectivity index (χ2v) is 8.12. The first kappa shape index (κ1) is 17.0. The Hall–Kier alpha value is -0.380. The van der Waals surface area contributed by atoms with Crippen molar-refractivity contribution in [2.75, 3.05) is 60.9 Å². The molecular weight excluding hydrogens is 258 g/mol. The summed E-state index contributed by atoms with van der Waals surface area (Å²) in [6.45, 7) is 6.83. The van der Waals surface area contributed by atoms with E-state index in [0.29, 0.717) is 0 Å². The van der Waals surface area contributed by atoms with Gasteiger partial charge in [-0.15, -0.1) is 0 Å². The Balaban J connectivity index is 1.75. The highest BCUT2D eigenvalue weighted by atomic mass is 15.1. The molecule has 2 aliphatic rings. The molecule has 1 saturated carbocycles. The molecule has 21 heavy (non-hydrogen) atoms. The van der Waals surface area contributed by atoms with Crippen LogP contribution in [0.15, 0.2) is 12.2 Å². The smallest absolute Gasteiger partial charge is 0.0825 e. The minimum Gasteiger partial charge on any atom is -0.340 e. The fraction of sp³-hybridized carbons (Fsp3) is 0.889. The fourth-order valence-corrected chi connectivity index (χ4v) is 4.21. The molecule has 2 aliphatic carbocycles. The Labute approximate surface area is 132 Å². The summed E-state index contributed by atoms with van der Waals surface area (Å²) in [5.41, 5.74) is 0. The second-order valence-electron chi connectivity index (χ2n) is 8.12. The van der Waals surface area contributed by atoms with Crippen LogP contribution in [0.3, 0.4) is 0 Å². The number of rotatable bonds is 10. The zero-order chi connectivity index (χ0) is 15.2. The zero-order valence-electron chi connectivity index (χ0n) is 14.8. The van der Waals surface area contributed by atoms with E-state index in [0.717, 1.165) is 17.8 Å². The molecule has 0 saturated heterocycles. The van der Waals surface area contributed by atoms with E-state index in [9.17, 15) is 0 Å². The fourth-order valence-electron chi connectivity index (χ4n) is 4.21. The molecule has 0 unspecified atom stereocenters. The van der Waals surface area contributed by atoms with Crippen LogP contribution >= 0.6 is 0 Å². The lowest BCUT2D eigenvalue weighted by atomic mass is 9.93. The van der Waals surface area contributed by atoms with Gasteiger partial charge in [-0.25, -0.2) is 0 Å². The molecule has 2 rings (SSSR count). The maximum atomic E-state index is 2.52. The molecule has 0 heterocycles. The molecular formula is C18H38N3+3. The minimum atomic E-state index is 0.920. The minimum absolute atomic E-state index is 0.920. The van der Waals surface area contributed by atoms with Gasteiger partial charge in [0.2, 0.25) is 0 Å². The third-order valence-electron chi connectivity index (χ3n) is 5.38. The maximum absolute atomic E-state index is 2.52. The van der Waals surface area contributed by atoms with Crippen molar-refractivity contribution in [1.82, 2.24) is 0 Å². The van der Waals surface area contributed by atoms with Gasteiger partial charge in [0.15, 0.2) is 0 Å². The van der Waals surface area contributed by atoms with Crippen LogP contribution in [-0.4, -0.2) is 60.9 Å². The number of allylic oxidation sites excluding steroid dienone is 2. The normalized spacial score (nSPS) is 27.7. The highest BCUT2D eigenvalue weighted by Gasteiger charge is 2.37. The van der Waals surface area contributed by atoms with E-state index < -0.39 is 0 Å². The van der Waals surface area contributed by atoms with Crippen molar-refractivity contribution >= 4 is 0 Å². The van der Waals surface area contributed by atoms with Crippen LogP contribution in [0, 0.1) is 17.8 Å². The molecule has 0 aromatic rings. The summed E-state index contributed by atoms with van der Waals surface area (Å²) in [4.78, 5) is 5.06. The largest absolute Gasteiger partial charge is 0.340 e. The Morgan fingerprint density at radius 3 is 1.86 bits per heavy atom. The van der Waals surface area contributed by atoms with E-state index in [1.54, 1.807) is 9.80 Å². The van der Waals surface area contributed by atoms with E-state index >= 15 is 0 Å². The lowest BCUT2D eigenvalue weighted by Gasteiger charge is -2.26. The Bertz CT molecular complexity index is 310. The van der Waals surface area contributed by atoms with Crippen LogP contribution in [0.5, 0.6) is 0 Å². The number of hydrogen-bond acceptors (Lipinski definition) is 0. The first-order chi connectivity index (χ1) is 10.0. The van der Waals surface area contributed by atoms with Crippen LogP contribution in [-0.2, 0) is 0 Å². The molecule has 0 aromatic heterocycles. The Morgan fingerprint density at radius 2 is 1.43 bits per heavy atom. The van der Waals surface area contributed by atoms with Crippen molar-refractivity contribution < 1.29 is 14.7 Å². The molecule has 1 fully saturated rings. The van der Waals surface area contributed by atoms with Crippen LogP contribution in [0.2, 0.25) is 0 Å². The molecule has 122 valence electrons. The molecule has 0 aromatic carbocycles. The maximum Gasteiger partial charge on any atom is 0.0825 e. The van der Waals surface area contributed by atoms with E-state index in [1.165, 1.54) is 58.4 Å². The van der Waals surface area contributed by atoms with Crippen LogP contribution < -0.4 is 14.7 Å². The van der Waals surface area contributed by atoms with Gasteiger partial charge in [-0.05, 0) is 24.7 Å². The lowest BCUT2D eigenvalue weighted by Crippen LogP contribution is -3.14. The van der Waals surface area contributed by atoms with E-state index in [4.69, 9.17) is 0 Å². The summed E-state index contributed by atoms with van der Waals surface area (Å²) >= 11 is 0. The molecule has 2 bridgehead atoms. The van der Waals surface area contributed by atoms with E-state index in [1.807, 2.05) is 4.90 Å². The van der Waals surface area contributed by atoms with Gasteiger partial charge in [-0.3, -0.25) is 0 Å². The first-order valence-corrected chi connectivity index (χ1v) is 9.14. The van der Waals surface area contributed by atoms with Gasteiger partial charge in [-0.1, -0.05) is 12.2 Å². The Kier molecular flexibility index (Phi) is 6.72. The van der Waals surface area contributed by atoms with Crippen molar-refractivity contribution in [3.8, 4) is 0 Å². The summed E-state index contributed by atoms with van der Waals surface area (Å²) in [7, 11) is 9.09. The van der Waals surface area contributed by atoms with E-state index in [2.05, 4.69) is 40.3 Å². The molecule has 0 spiro atoms. The van der Waals surface area contributed by atoms with Crippen molar-refractivity contribution in [3.05, 3.63) is 12.2 Å². The van der Waals surface area contributed by atoms with E-state index in [-0.39, 0.29) is 0 Å². The Morgan fingerprint density at radius 1 is 0.810 bits per heavy atom. The van der Waals surface area contributed by atoms with Gasteiger partial charge >= 0.3 is 0 Å². The lowest BCUT2D eigenvalue weighted by molar-refractivity contribution is -0.917. The van der Waals surface area contributed by atoms with Gasteiger partial charge in [-0.2, -0.15) is 0 Å². The first-order valence-electron chi connectivity index (χ1n) is 9.14. The summed E-state index contributed by atoms with van der Waals surface area (Å²) in [5.74, 6) is 2.83. The van der Waals surface area contributed by atoms with Crippen molar-refractivity contribution in [2.24, 2.45) is 17.8 Å². The number of hydrogen-bond donors (Lipinski definition) is 3. The van der Waals surface area contributed by atoms with Gasteiger partial charge in [0.25, 0.3) is 0 Å². The number of nitrogens with one attached hydrogen (secondary N) is 3. The second kappa shape index (κ2) is 8.30. The summed E-state index contributed by atoms with van der Waals surface area (Å²) in [6, 6.07) is 0. The molecule has 3 N–H and O–H groups in total. The molecule has 3 atom stereocenters. The predicted molar refractivity (Wildman–Crippen MR) is 89.0 cm³/mol. The van der Waals surface area contributed by atoms with Crippen LogP contribution in [0.25, 0.3) is 0 Å². The highest BCUT2D eigenvalue weighted by Crippen LogP contribution is 2.42. The standard InChI is InChI=1S/C18H35N3/c1-19(2)9-5-11-21(12-6-10-20(3)4)15-18-14-16-7-8-17(18)13-16/h7-8,16-18H,5-6,9-15H2,1-4H3/p+3/t16-,17+,18+/m0/s1. The molecule has 3 nitrogen and oxygen atoms in total. The van der Waals surface area contributed by atoms with Gasteiger partial charge in [0, 0.05) is 18.8 Å². The summed E-state index contributed by atoms with van der Waals surface area (Å²) < 4.78 is 0. The van der Waals surface area contributed by atoms with Crippen molar-refractivity contribution in [3.63, 3.8) is 0 Å². The SMILES string of the molecule is C[NH+](C)CCC[NH+](CCC[NH+](C)C)C[C@H]1C[C@H]2C=C[C@@H]1C2. The van der Waals surface area contributed by atoms with Crippen LogP contribution in [0.4, 0.5) is 0 Å². The molecule has 3 heteroatoms. The monoisotopic (exact) mass is 296 g/mol. The third-order valence-corrected chi connectivity index (χ3v) is 5.38. The topological polar surface area (TPSA) is 13.3 Å². The van der Waals surface area contributed by atoms with Gasteiger partial charge in [0.05, 0.1) is 60.9 Å². The summed E-state index contributed by atoms with van der Waals surface area (Å²) in [5, 5.41) is 0. The van der Waals surface area contributed by atoms with Crippen molar-refractivity contribution in [1.29, 1.82) is 0 Å². The molecule has 0 aliphatic heterocycles. The molecule has 0 amide bonds. The highest BCUT2D eigenvalue weighted by molar-refractivity contribution is 5.09. The molecule has 0 radical (unpaired) electrons. The predicted octanol–water partition coefficient (Wildman–Crippen LogP) is -1.85. The van der Waals surface area contributed by atoms with Gasteiger partial charge in [0.1, 0.15) is 0 Å². The zero-order valence-corrected chi connectivity index (χ0v) is 14.8. The number of quaternary nitrogens is 3. The number of fused-ring (bicyclic) bond motifs is 2. The van der Waals surface area contributed by atoms with Crippen LogP contribution in [0.1, 0.15) is 25.7 Å². The quantitative estimate of drug-likeness (QED) is 0.392. The van der Waals surface area contributed by atoms with Crippen molar-refractivity contribution in [2.45, 2.75) is 25.7 Å². The summed E-state index contributed by atoms with van der Waals surface area (Å²) in [6.07, 6.45) is 10.7. The third kappa shape index (κ3) is 5.72.